The van der Waals surface area contributed by atoms with Gasteiger partial charge in [-0.3, -0.25) is 14.4 Å². The maximum atomic E-state index is 12.9. The summed E-state index contributed by atoms with van der Waals surface area (Å²) in [7, 11) is 0. The standard InChI is InChI=1S/C17H29N5O2/c1-13-7-21(8-14(2)24-13)17(23)15(3)20-6-4-5-16(9-20)10-22-12-18-11-19-22/h11-16H,4-10H2,1-3H3. The average Bonchev–Trinajstić information content (AvgIpc) is 3.06. The van der Waals surface area contributed by atoms with Crippen molar-refractivity contribution < 1.29 is 9.53 Å². The van der Waals surface area contributed by atoms with Crippen LogP contribution in [0.15, 0.2) is 12.7 Å². The van der Waals surface area contributed by atoms with Gasteiger partial charge in [-0.2, -0.15) is 5.10 Å². The maximum absolute atomic E-state index is 12.9. The van der Waals surface area contributed by atoms with Gasteiger partial charge in [-0.15, -0.1) is 0 Å². The Morgan fingerprint density at radius 3 is 2.71 bits per heavy atom. The predicted molar refractivity (Wildman–Crippen MR) is 90.4 cm³/mol. The molecule has 4 unspecified atom stereocenters. The highest BCUT2D eigenvalue weighted by molar-refractivity contribution is 5.81. The van der Waals surface area contributed by atoms with Crippen LogP contribution in [0.1, 0.15) is 33.6 Å². The van der Waals surface area contributed by atoms with Crippen LogP contribution >= 0.6 is 0 Å². The Morgan fingerprint density at radius 2 is 2.04 bits per heavy atom. The van der Waals surface area contributed by atoms with E-state index in [1.165, 1.54) is 6.42 Å². The number of carbonyl (C=O) groups excluding carboxylic acids is 1. The summed E-state index contributed by atoms with van der Waals surface area (Å²) in [6.45, 7) is 10.3. The second-order valence-electron chi connectivity index (χ2n) is 7.30. The van der Waals surface area contributed by atoms with E-state index in [9.17, 15) is 4.79 Å². The molecule has 24 heavy (non-hydrogen) atoms. The summed E-state index contributed by atoms with van der Waals surface area (Å²) in [4.78, 5) is 21.2. The second kappa shape index (κ2) is 7.61. The van der Waals surface area contributed by atoms with Crippen molar-refractivity contribution >= 4 is 5.91 Å². The Hall–Kier alpha value is -1.47. The molecule has 0 saturated carbocycles. The minimum Gasteiger partial charge on any atom is -0.372 e. The van der Waals surface area contributed by atoms with Crippen molar-refractivity contribution in [3.8, 4) is 0 Å². The molecule has 0 bridgehead atoms. The molecule has 134 valence electrons. The van der Waals surface area contributed by atoms with E-state index < -0.39 is 0 Å². The Kier molecular flexibility index (Phi) is 5.50. The molecule has 3 heterocycles. The zero-order chi connectivity index (χ0) is 17.1. The monoisotopic (exact) mass is 335 g/mol. The van der Waals surface area contributed by atoms with Crippen molar-refractivity contribution in [2.24, 2.45) is 5.92 Å². The zero-order valence-corrected chi connectivity index (χ0v) is 15.0. The van der Waals surface area contributed by atoms with Gasteiger partial charge in [-0.25, -0.2) is 4.98 Å². The highest BCUT2D eigenvalue weighted by Gasteiger charge is 2.33. The Morgan fingerprint density at radius 1 is 1.29 bits per heavy atom. The minimum atomic E-state index is -0.0685. The van der Waals surface area contributed by atoms with E-state index in [0.717, 1.165) is 26.1 Å². The SMILES string of the molecule is CC1CN(C(=O)C(C)N2CCCC(Cn3cncn3)C2)CC(C)O1. The highest BCUT2D eigenvalue weighted by Crippen LogP contribution is 2.21. The molecule has 1 amide bonds. The smallest absolute Gasteiger partial charge is 0.239 e. The van der Waals surface area contributed by atoms with Gasteiger partial charge in [-0.05, 0) is 46.1 Å². The number of ether oxygens (including phenoxy) is 1. The van der Waals surface area contributed by atoms with Crippen LogP contribution in [0.2, 0.25) is 0 Å². The van der Waals surface area contributed by atoms with Crippen LogP contribution in [-0.4, -0.2) is 74.9 Å². The lowest BCUT2D eigenvalue weighted by Gasteiger charge is -2.41. The first-order chi connectivity index (χ1) is 11.5. The third-order valence-electron chi connectivity index (χ3n) is 5.10. The van der Waals surface area contributed by atoms with E-state index in [-0.39, 0.29) is 24.2 Å². The van der Waals surface area contributed by atoms with Crippen LogP contribution in [0.5, 0.6) is 0 Å². The number of hydrogen-bond donors (Lipinski definition) is 0. The first kappa shape index (κ1) is 17.4. The van der Waals surface area contributed by atoms with Crippen molar-refractivity contribution in [3.63, 3.8) is 0 Å². The van der Waals surface area contributed by atoms with Crippen molar-refractivity contribution in [2.75, 3.05) is 26.2 Å². The highest BCUT2D eigenvalue weighted by atomic mass is 16.5. The van der Waals surface area contributed by atoms with E-state index in [4.69, 9.17) is 4.74 Å². The van der Waals surface area contributed by atoms with Crippen molar-refractivity contribution in [1.29, 1.82) is 0 Å². The molecule has 1 aromatic heterocycles. The summed E-state index contributed by atoms with van der Waals surface area (Å²) < 4.78 is 7.64. The van der Waals surface area contributed by atoms with Crippen LogP contribution < -0.4 is 0 Å². The summed E-state index contributed by atoms with van der Waals surface area (Å²) in [6.07, 6.45) is 5.89. The van der Waals surface area contributed by atoms with E-state index in [1.807, 2.05) is 30.4 Å². The van der Waals surface area contributed by atoms with Gasteiger partial charge in [0.15, 0.2) is 0 Å². The molecular formula is C17H29N5O2. The molecule has 1 aromatic rings. The second-order valence-corrected chi connectivity index (χ2v) is 7.30. The number of rotatable bonds is 4. The van der Waals surface area contributed by atoms with Gasteiger partial charge in [0.1, 0.15) is 12.7 Å². The van der Waals surface area contributed by atoms with E-state index >= 15 is 0 Å². The van der Waals surface area contributed by atoms with Crippen molar-refractivity contribution in [3.05, 3.63) is 12.7 Å². The zero-order valence-electron chi connectivity index (χ0n) is 15.0. The quantitative estimate of drug-likeness (QED) is 0.822. The lowest BCUT2D eigenvalue weighted by atomic mass is 9.96. The van der Waals surface area contributed by atoms with E-state index in [2.05, 4.69) is 15.0 Å². The molecule has 2 aliphatic heterocycles. The Balaban J connectivity index is 1.57. The molecule has 2 saturated heterocycles. The molecular weight excluding hydrogens is 306 g/mol. The fourth-order valence-corrected chi connectivity index (χ4v) is 3.97. The van der Waals surface area contributed by atoms with E-state index in [1.54, 1.807) is 12.7 Å². The first-order valence-electron chi connectivity index (χ1n) is 9.03. The number of morpholine rings is 1. The topological polar surface area (TPSA) is 63.5 Å². The van der Waals surface area contributed by atoms with Gasteiger partial charge in [0, 0.05) is 26.2 Å². The van der Waals surface area contributed by atoms with Crippen molar-refractivity contribution in [2.45, 2.75) is 58.4 Å². The number of amides is 1. The molecule has 3 rings (SSSR count). The lowest BCUT2D eigenvalue weighted by molar-refractivity contribution is -0.148. The summed E-state index contributed by atoms with van der Waals surface area (Å²) in [5.41, 5.74) is 0. The largest absolute Gasteiger partial charge is 0.372 e. The minimum absolute atomic E-state index is 0.0685. The number of nitrogens with zero attached hydrogens (tertiary/aromatic N) is 5. The van der Waals surface area contributed by atoms with Gasteiger partial charge >= 0.3 is 0 Å². The lowest BCUT2D eigenvalue weighted by Crippen LogP contribution is -2.55. The fourth-order valence-electron chi connectivity index (χ4n) is 3.97. The molecule has 7 nitrogen and oxygen atoms in total. The summed E-state index contributed by atoms with van der Waals surface area (Å²) >= 11 is 0. The van der Waals surface area contributed by atoms with E-state index in [0.29, 0.717) is 19.0 Å². The molecule has 2 aliphatic rings. The number of aromatic nitrogens is 3. The summed E-state index contributed by atoms with van der Waals surface area (Å²) in [6, 6.07) is -0.0685. The average molecular weight is 335 g/mol. The van der Waals surface area contributed by atoms with Gasteiger partial charge in [0.05, 0.1) is 18.2 Å². The van der Waals surface area contributed by atoms with Crippen molar-refractivity contribution in [1.82, 2.24) is 24.6 Å². The molecule has 4 atom stereocenters. The molecule has 0 radical (unpaired) electrons. The number of carbonyl (C=O) groups is 1. The Bertz CT molecular complexity index is 525. The van der Waals surface area contributed by atoms with Crippen LogP contribution in [-0.2, 0) is 16.1 Å². The summed E-state index contributed by atoms with van der Waals surface area (Å²) in [5.74, 6) is 0.761. The van der Waals surface area contributed by atoms with Gasteiger partial charge in [0.2, 0.25) is 5.91 Å². The third kappa shape index (κ3) is 4.13. The third-order valence-corrected chi connectivity index (χ3v) is 5.10. The summed E-state index contributed by atoms with van der Waals surface area (Å²) in [5, 5.41) is 4.20. The molecule has 2 fully saturated rings. The molecule has 0 aromatic carbocycles. The number of likely N-dealkylation sites (tertiary alicyclic amines) is 1. The maximum Gasteiger partial charge on any atom is 0.239 e. The molecule has 0 aliphatic carbocycles. The van der Waals surface area contributed by atoms with Crippen LogP contribution in [0.3, 0.4) is 0 Å². The molecule has 0 spiro atoms. The molecule has 7 heteroatoms. The number of piperidine rings is 1. The molecule has 0 N–H and O–H groups in total. The van der Waals surface area contributed by atoms with Crippen LogP contribution in [0.4, 0.5) is 0 Å². The Labute approximate surface area is 144 Å². The first-order valence-corrected chi connectivity index (χ1v) is 9.03. The van der Waals surface area contributed by atoms with Crippen LogP contribution in [0.25, 0.3) is 0 Å². The fraction of sp³-hybridized carbons (Fsp3) is 0.824. The normalized spacial score (nSPS) is 30.3. The number of hydrogen-bond acceptors (Lipinski definition) is 5. The van der Waals surface area contributed by atoms with Gasteiger partial charge < -0.3 is 9.64 Å². The van der Waals surface area contributed by atoms with Crippen LogP contribution in [0, 0.1) is 5.92 Å². The van der Waals surface area contributed by atoms with Gasteiger partial charge in [-0.1, -0.05) is 0 Å². The van der Waals surface area contributed by atoms with Gasteiger partial charge in [0.25, 0.3) is 0 Å². The predicted octanol–water partition coefficient (Wildman–Crippen LogP) is 1.01.